The summed E-state index contributed by atoms with van der Waals surface area (Å²) < 4.78 is 13.0. The van der Waals surface area contributed by atoms with Crippen molar-refractivity contribution in [3.63, 3.8) is 0 Å². The first kappa shape index (κ1) is 19.1. The highest BCUT2D eigenvalue weighted by Crippen LogP contribution is 2.49. The Morgan fingerprint density at radius 3 is 2.55 bits per heavy atom. The molecule has 2 atom stereocenters. The van der Waals surface area contributed by atoms with Gasteiger partial charge in [-0.25, -0.2) is 4.39 Å². The number of amides is 2. The molecule has 1 heterocycles. The number of carbonyl (C=O) groups is 3. The van der Waals surface area contributed by atoms with E-state index in [4.69, 9.17) is 0 Å². The van der Waals surface area contributed by atoms with Crippen LogP contribution >= 0.6 is 0 Å². The number of nitrogens with zero attached hydrogens (tertiary/aromatic N) is 1. The molecule has 7 heteroatoms. The van der Waals surface area contributed by atoms with Crippen LogP contribution in [-0.4, -0.2) is 40.9 Å². The number of carboxylic acid groups (broad SMARTS) is 1. The summed E-state index contributed by atoms with van der Waals surface area (Å²) in [6.07, 6.45) is 2.30. The van der Waals surface area contributed by atoms with Crippen LogP contribution in [0.1, 0.15) is 40.0 Å². The number of halogens is 1. The van der Waals surface area contributed by atoms with Gasteiger partial charge in [-0.05, 0) is 61.2 Å². The second-order valence-corrected chi connectivity index (χ2v) is 7.78. The lowest BCUT2D eigenvalue weighted by molar-refractivity contribution is -0.149. The maximum absolute atomic E-state index is 13.0. The zero-order chi connectivity index (χ0) is 20.6. The Morgan fingerprint density at radius 2 is 1.86 bits per heavy atom. The van der Waals surface area contributed by atoms with Crippen LogP contribution in [0.15, 0.2) is 48.5 Å². The van der Waals surface area contributed by atoms with E-state index >= 15 is 0 Å². The number of nitrogens with one attached hydrogen (secondary N) is 1. The number of carbonyl (C=O) groups excluding carboxylic acids is 2. The van der Waals surface area contributed by atoms with E-state index in [9.17, 15) is 23.9 Å². The van der Waals surface area contributed by atoms with Crippen LogP contribution in [0.25, 0.3) is 0 Å². The van der Waals surface area contributed by atoms with Gasteiger partial charge >= 0.3 is 5.97 Å². The average Bonchev–Trinajstić information content (AvgIpc) is 3.27. The number of likely N-dealkylation sites (tertiary alicyclic amines) is 1. The van der Waals surface area contributed by atoms with Crippen molar-refractivity contribution in [3.05, 3.63) is 65.5 Å². The van der Waals surface area contributed by atoms with Gasteiger partial charge in [0.15, 0.2) is 0 Å². The number of hydrogen-bond donors (Lipinski definition) is 2. The Bertz CT molecular complexity index is 975. The molecule has 2 aromatic rings. The second kappa shape index (κ2) is 7.31. The minimum absolute atomic E-state index is 0.00897. The van der Waals surface area contributed by atoms with E-state index in [1.54, 1.807) is 29.2 Å². The Morgan fingerprint density at radius 1 is 1.10 bits per heavy atom. The summed E-state index contributed by atoms with van der Waals surface area (Å²) in [4.78, 5) is 38.7. The molecule has 0 aromatic heterocycles. The molecule has 0 spiro atoms. The van der Waals surface area contributed by atoms with Gasteiger partial charge in [0, 0.05) is 29.9 Å². The number of hydrogen-bond acceptors (Lipinski definition) is 3. The molecule has 1 aliphatic carbocycles. The number of carboxylic acids is 1. The molecule has 150 valence electrons. The topological polar surface area (TPSA) is 86.7 Å². The Balaban J connectivity index is 1.49. The fourth-order valence-corrected chi connectivity index (χ4v) is 4.51. The van der Waals surface area contributed by atoms with Crippen molar-refractivity contribution in [2.75, 3.05) is 18.4 Å². The summed E-state index contributed by atoms with van der Waals surface area (Å²) >= 11 is 0. The number of aliphatic carboxylic acids is 1. The van der Waals surface area contributed by atoms with Crippen LogP contribution in [0.5, 0.6) is 0 Å². The third-order valence-corrected chi connectivity index (χ3v) is 6.06. The van der Waals surface area contributed by atoms with Gasteiger partial charge in [-0.3, -0.25) is 14.4 Å². The molecule has 2 amide bonds. The first-order valence-electron chi connectivity index (χ1n) is 9.59. The second-order valence-electron chi connectivity index (χ2n) is 7.78. The van der Waals surface area contributed by atoms with Gasteiger partial charge in [0.1, 0.15) is 5.82 Å². The molecule has 2 N–H and O–H groups in total. The van der Waals surface area contributed by atoms with E-state index in [1.807, 2.05) is 0 Å². The van der Waals surface area contributed by atoms with Crippen LogP contribution in [0, 0.1) is 17.2 Å². The molecule has 0 radical (unpaired) electrons. The molecule has 6 nitrogen and oxygen atoms in total. The number of benzene rings is 2. The smallest absolute Gasteiger partial charge is 0.311 e. The Hall–Kier alpha value is -3.22. The van der Waals surface area contributed by atoms with Gasteiger partial charge in [0.25, 0.3) is 11.8 Å². The number of anilines is 1. The van der Waals surface area contributed by atoms with E-state index in [-0.39, 0.29) is 18.4 Å². The fourth-order valence-electron chi connectivity index (χ4n) is 4.51. The fraction of sp³-hybridized carbons (Fsp3) is 0.318. The lowest BCUT2D eigenvalue weighted by Crippen LogP contribution is -2.37. The van der Waals surface area contributed by atoms with Crippen molar-refractivity contribution in [2.24, 2.45) is 11.3 Å². The highest BCUT2D eigenvalue weighted by Gasteiger charge is 2.55. The van der Waals surface area contributed by atoms with E-state index in [0.717, 1.165) is 12.8 Å². The minimum Gasteiger partial charge on any atom is -0.481 e. The minimum atomic E-state index is -0.829. The van der Waals surface area contributed by atoms with Crippen molar-refractivity contribution in [2.45, 2.75) is 19.3 Å². The molecule has 2 fully saturated rings. The van der Waals surface area contributed by atoms with Gasteiger partial charge in [0.2, 0.25) is 0 Å². The number of rotatable bonds is 4. The summed E-state index contributed by atoms with van der Waals surface area (Å²) in [6, 6.07) is 11.7. The molecule has 1 aliphatic heterocycles. The molecule has 4 rings (SSSR count). The van der Waals surface area contributed by atoms with Gasteiger partial charge in [-0.1, -0.05) is 12.5 Å². The van der Waals surface area contributed by atoms with Gasteiger partial charge in [-0.2, -0.15) is 0 Å². The highest BCUT2D eigenvalue weighted by atomic mass is 19.1. The average molecular weight is 396 g/mol. The summed E-state index contributed by atoms with van der Waals surface area (Å²) in [6.45, 7) is 0.662. The van der Waals surface area contributed by atoms with Crippen molar-refractivity contribution < 1.29 is 23.9 Å². The van der Waals surface area contributed by atoms with E-state index in [1.165, 1.54) is 24.3 Å². The maximum atomic E-state index is 13.0. The van der Waals surface area contributed by atoms with Gasteiger partial charge in [-0.15, -0.1) is 0 Å². The summed E-state index contributed by atoms with van der Waals surface area (Å²) in [5.41, 5.74) is 0.309. The van der Waals surface area contributed by atoms with Crippen molar-refractivity contribution in [1.29, 1.82) is 0 Å². The summed E-state index contributed by atoms with van der Waals surface area (Å²) in [5.74, 6) is -1.90. The SMILES string of the molecule is O=C(Nc1cccc(C(=O)N2C[C@@H]3CCC[C@@]3(C(=O)O)C2)c1)c1ccc(F)cc1. The predicted molar refractivity (Wildman–Crippen MR) is 104 cm³/mol. The third kappa shape index (κ3) is 3.48. The lowest BCUT2D eigenvalue weighted by atomic mass is 9.81. The molecule has 0 unspecified atom stereocenters. The standard InChI is InChI=1S/C22H21FN2O4/c23-17-8-6-14(7-9-17)19(26)24-18-5-1-3-15(11-18)20(27)25-12-16-4-2-10-22(16,13-25)21(28)29/h1,3,5-9,11,16H,2,4,10,12-13H2,(H,24,26)(H,28,29)/t16-,22+/m0/s1. The van der Waals surface area contributed by atoms with Gasteiger partial charge in [0.05, 0.1) is 5.41 Å². The van der Waals surface area contributed by atoms with E-state index in [0.29, 0.717) is 29.8 Å². The van der Waals surface area contributed by atoms with E-state index in [2.05, 4.69) is 5.32 Å². The van der Waals surface area contributed by atoms with Gasteiger partial charge < -0.3 is 15.3 Å². The van der Waals surface area contributed by atoms with Crippen molar-refractivity contribution in [3.8, 4) is 0 Å². The van der Waals surface area contributed by atoms with Crippen molar-refractivity contribution in [1.82, 2.24) is 4.90 Å². The molecule has 1 saturated heterocycles. The summed E-state index contributed by atoms with van der Waals surface area (Å²) in [7, 11) is 0. The molecule has 0 bridgehead atoms. The maximum Gasteiger partial charge on any atom is 0.311 e. The molecule has 29 heavy (non-hydrogen) atoms. The Kier molecular flexibility index (Phi) is 4.82. The quantitative estimate of drug-likeness (QED) is 0.829. The molecule has 2 aromatic carbocycles. The van der Waals surface area contributed by atoms with Crippen LogP contribution < -0.4 is 5.32 Å². The van der Waals surface area contributed by atoms with Crippen LogP contribution in [-0.2, 0) is 4.79 Å². The summed E-state index contributed by atoms with van der Waals surface area (Å²) in [5, 5.41) is 12.4. The zero-order valence-corrected chi connectivity index (χ0v) is 15.7. The van der Waals surface area contributed by atoms with E-state index < -0.39 is 23.1 Å². The normalized spacial score (nSPS) is 22.9. The predicted octanol–water partition coefficient (Wildman–Crippen LogP) is 3.40. The molecular formula is C22H21FN2O4. The first-order chi connectivity index (χ1) is 13.9. The lowest BCUT2D eigenvalue weighted by Gasteiger charge is -2.23. The molecule has 1 saturated carbocycles. The monoisotopic (exact) mass is 396 g/mol. The largest absolute Gasteiger partial charge is 0.481 e. The van der Waals surface area contributed by atoms with Crippen LogP contribution in [0.4, 0.5) is 10.1 Å². The number of fused-ring (bicyclic) bond motifs is 1. The van der Waals surface area contributed by atoms with Crippen LogP contribution in [0.3, 0.4) is 0 Å². The molecule has 2 aliphatic rings. The first-order valence-corrected chi connectivity index (χ1v) is 9.59. The van der Waals surface area contributed by atoms with Crippen LogP contribution in [0.2, 0.25) is 0 Å². The van der Waals surface area contributed by atoms with Crippen molar-refractivity contribution >= 4 is 23.5 Å². The molecular weight excluding hydrogens is 375 g/mol. The zero-order valence-electron chi connectivity index (χ0n) is 15.7. The highest BCUT2D eigenvalue weighted by molar-refractivity contribution is 6.05. The Labute approximate surface area is 167 Å². The third-order valence-electron chi connectivity index (χ3n) is 6.06.